The summed E-state index contributed by atoms with van der Waals surface area (Å²) in [6.45, 7) is 2.18. The average Bonchev–Trinajstić information content (AvgIpc) is 3.32. The largest absolute Gasteiger partial charge is 1.00 e. The van der Waals surface area contributed by atoms with Gasteiger partial charge in [0.1, 0.15) is 48.8 Å². The van der Waals surface area contributed by atoms with E-state index in [1.807, 2.05) is 0 Å². The summed E-state index contributed by atoms with van der Waals surface area (Å²) in [7, 11) is 0. The van der Waals surface area contributed by atoms with E-state index in [2.05, 4.69) is 6.92 Å². The number of carboxylic acids is 2. The zero-order valence-corrected chi connectivity index (χ0v) is 30.6. The summed E-state index contributed by atoms with van der Waals surface area (Å²) in [6, 6.07) is 0. The molecule has 0 spiro atoms. The Morgan fingerprint density at radius 1 is 0.652 bits per heavy atom. The number of carboxylic acid groups (broad SMARTS) is 2. The van der Waals surface area contributed by atoms with Crippen LogP contribution < -0.4 is 69.3 Å². The smallest absolute Gasteiger partial charge is 0.547 e. The Bertz CT molecular complexity index is 1090. The second-order valence-corrected chi connectivity index (χ2v) is 14.2. The van der Waals surface area contributed by atoms with Crippen LogP contribution in [0, 0.1) is 35.0 Å². The third-order valence-electron chi connectivity index (χ3n) is 12.0. The molecular weight excluding hydrogens is 630 g/mol. The summed E-state index contributed by atoms with van der Waals surface area (Å²) < 4.78 is 22.8. The van der Waals surface area contributed by atoms with Crippen molar-refractivity contribution in [1.82, 2.24) is 0 Å². The first kappa shape index (κ1) is 39.3. The number of ether oxygens (including phenoxy) is 4. The monoisotopic (exact) mass is 674 g/mol. The molecule has 0 radical (unpaired) electrons. The van der Waals surface area contributed by atoms with Crippen molar-refractivity contribution < 1.29 is 129 Å². The molecule has 0 unspecified atom stereocenters. The molecule has 0 aromatic heterocycles. The van der Waals surface area contributed by atoms with Crippen molar-refractivity contribution in [1.29, 1.82) is 0 Å². The number of carbonyl (C=O) groups excluding carboxylic acids is 2. The number of aliphatic carboxylic acids is 2. The van der Waals surface area contributed by atoms with Crippen LogP contribution in [0.4, 0.5) is 0 Å². The van der Waals surface area contributed by atoms with Gasteiger partial charge in [0, 0.05) is 0 Å². The molecular formula is C30H44Na2O14. The number of fused-ring (bicyclic) bond motifs is 5. The van der Waals surface area contributed by atoms with Crippen molar-refractivity contribution in [2.24, 2.45) is 35.0 Å². The van der Waals surface area contributed by atoms with Crippen LogP contribution in [-0.4, -0.2) is 116 Å². The van der Waals surface area contributed by atoms with Gasteiger partial charge in [-0.3, -0.25) is 0 Å². The van der Waals surface area contributed by atoms with Gasteiger partial charge in [-0.2, -0.15) is 0 Å². The van der Waals surface area contributed by atoms with Gasteiger partial charge in [-0.25, -0.2) is 0 Å². The Hall–Kier alpha value is 0.540. The Balaban J connectivity index is 0.00000240. The quantitative estimate of drug-likeness (QED) is 0.113. The van der Waals surface area contributed by atoms with Crippen molar-refractivity contribution >= 4 is 11.9 Å². The number of rotatable bonds is 6. The molecule has 4 saturated carbocycles. The second kappa shape index (κ2) is 15.4. The number of carbonyl (C=O) groups is 2. The van der Waals surface area contributed by atoms with E-state index in [9.17, 15) is 50.4 Å². The normalized spacial score (nSPS) is 51.8. The Kier molecular flexibility index (Phi) is 13.2. The molecule has 14 nitrogen and oxygen atoms in total. The van der Waals surface area contributed by atoms with Gasteiger partial charge in [0.25, 0.3) is 0 Å². The molecule has 2 saturated heterocycles. The maximum absolute atomic E-state index is 11.4. The Morgan fingerprint density at radius 3 is 1.76 bits per heavy atom. The summed E-state index contributed by atoms with van der Waals surface area (Å²) in [4.78, 5) is 22.8. The maximum atomic E-state index is 11.4. The van der Waals surface area contributed by atoms with Crippen LogP contribution in [0.5, 0.6) is 0 Å². The minimum atomic E-state index is -1.83. The molecule has 0 aromatic carbocycles. The van der Waals surface area contributed by atoms with Gasteiger partial charge in [0.2, 0.25) is 0 Å². The van der Waals surface area contributed by atoms with E-state index in [1.165, 1.54) is 0 Å². The predicted molar refractivity (Wildman–Crippen MR) is 140 cm³/mol. The van der Waals surface area contributed by atoms with E-state index < -0.39 is 73.4 Å². The van der Waals surface area contributed by atoms with Crippen LogP contribution in [0.3, 0.4) is 0 Å². The first-order valence-electron chi connectivity index (χ1n) is 15.9. The molecule has 6 N–H and O–H groups in total. The van der Waals surface area contributed by atoms with Crippen molar-refractivity contribution in [2.75, 3.05) is 0 Å². The minimum Gasteiger partial charge on any atom is -0.547 e. The molecule has 0 amide bonds. The van der Waals surface area contributed by atoms with Crippen LogP contribution in [0.1, 0.15) is 64.7 Å². The average molecular weight is 675 g/mol. The molecule has 6 fully saturated rings. The Morgan fingerprint density at radius 2 is 1.20 bits per heavy atom. The molecule has 4 aliphatic carbocycles. The van der Waals surface area contributed by atoms with E-state index in [0.29, 0.717) is 48.9 Å². The summed E-state index contributed by atoms with van der Waals surface area (Å²) >= 11 is 0. The standard InChI is InChI=1S/C30H46O14.2Na/c1-30-9-8-14-13-5-3-12(41-28-22(35)18(31)20(33)24(43-28)26(37)38)10-11(13)2-4-15(14)16(30)6-7-17(30)42-29-23(36)19(32)21(34)25(44-29)27(39)40;;/h11-25,28-29,31-36H,2-10H2,1H3,(H,37,38)(H,39,40);;/q;2*+1/p-2/t11-,12-,13-,14+,15+,16-,17+,18-,19-,20-,21-,22+,23+,24-,25-,28+,29+,30-;;/m0../s1. The van der Waals surface area contributed by atoms with Crippen LogP contribution in [0.15, 0.2) is 0 Å². The molecule has 0 bridgehead atoms. The summed E-state index contributed by atoms with van der Waals surface area (Å²) in [5.41, 5.74) is -0.231. The van der Waals surface area contributed by atoms with Gasteiger partial charge in [-0.05, 0) is 92.8 Å². The van der Waals surface area contributed by atoms with E-state index in [1.54, 1.807) is 0 Å². The van der Waals surface area contributed by atoms with Gasteiger partial charge < -0.3 is 69.4 Å². The van der Waals surface area contributed by atoms with Crippen molar-refractivity contribution in [3.05, 3.63) is 0 Å². The van der Waals surface area contributed by atoms with Gasteiger partial charge in [-0.1, -0.05) is 6.92 Å². The second-order valence-electron chi connectivity index (χ2n) is 14.2. The maximum Gasteiger partial charge on any atom is 1.00 e. The first-order chi connectivity index (χ1) is 20.8. The SMILES string of the molecule is C[C@]12CC[C@H]3[C@@H](CC[C@H]4C[C@@H](O[C@@H]5O[C@H](C(=O)[O-])[C@@H](O)[C@H](O)[C@H]5O)CC[C@@H]43)[C@@H]1CC[C@H]2O[C@@H]1O[C@H](C(=O)[O-])[C@@H](O)[C@H](O)[C@H]1O.[Na+].[Na+]. The van der Waals surface area contributed by atoms with Crippen LogP contribution >= 0.6 is 0 Å². The fraction of sp³-hybridized carbons (Fsp3) is 0.933. The minimum absolute atomic E-state index is 0. The van der Waals surface area contributed by atoms with E-state index in [4.69, 9.17) is 18.9 Å². The molecule has 16 heteroatoms. The van der Waals surface area contributed by atoms with Crippen molar-refractivity contribution in [3.63, 3.8) is 0 Å². The zero-order chi connectivity index (χ0) is 31.7. The molecule has 6 aliphatic rings. The van der Waals surface area contributed by atoms with Gasteiger partial charge >= 0.3 is 59.1 Å². The number of hydrogen-bond acceptors (Lipinski definition) is 14. The summed E-state index contributed by atoms with van der Waals surface area (Å²) in [5.74, 6) is -1.21. The van der Waals surface area contributed by atoms with Crippen molar-refractivity contribution in [2.45, 2.75) is 138 Å². The van der Waals surface area contributed by atoms with E-state index in [-0.39, 0.29) is 76.7 Å². The molecule has 46 heavy (non-hydrogen) atoms. The predicted octanol–water partition coefficient (Wildman–Crippen LogP) is -9.47. The molecule has 6 rings (SSSR count). The van der Waals surface area contributed by atoms with Crippen LogP contribution in [0.25, 0.3) is 0 Å². The Labute approximate surface area is 311 Å². The third kappa shape index (κ3) is 7.04. The first-order valence-corrected chi connectivity index (χ1v) is 15.9. The fourth-order valence-electron chi connectivity index (χ4n) is 9.77. The molecule has 18 atom stereocenters. The van der Waals surface area contributed by atoms with Gasteiger partial charge in [0.15, 0.2) is 12.6 Å². The van der Waals surface area contributed by atoms with E-state index >= 15 is 0 Å². The topological polar surface area (TPSA) is 239 Å². The van der Waals surface area contributed by atoms with Crippen molar-refractivity contribution in [3.8, 4) is 0 Å². The number of aliphatic hydroxyl groups excluding tert-OH is 6. The van der Waals surface area contributed by atoms with Gasteiger partial charge in [-0.15, -0.1) is 0 Å². The van der Waals surface area contributed by atoms with Gasteiger partial charge in [0.05, 0.1) is 24.1 Å². The summed E-state index contributed by atoms with van der Waals surface area (Å²) in [6.07, 6.45) is -9.62. The molecule has 2 aliphatic heterocycles. The van der Waals surface area contributed by atoms with Crippen LogP contribution in [0.2, 0.25) is 0 Å². The number of hydrogen-bond donors (Lipinski definition) is 6. The van der Waals surface area contributed by atoms with Crippen LogP contribution in [-0.2, 0) is 28.5 Å². The zero-order valence-electron chi connectivity index (χ0n) is 26.6. The van der Waals surface area contributed by atoms with E-state index in [0.717, 1.165) is 38.5 Å². The summed E-state index contributed by atoms with van der Waals surface area (Å²) in [5, 5.41) is 84.0. The fourth-order valence-corrected chi connectivity index (χ4v) is 9.77. The third-order valence-corrected chi connectivity index (χ3v) is 12.0. The molecule has 0 aromatic rings. The molecule has 2 heterocycles. The number of aliphatic hydroxyl groups is 6. The molecule has 250 valence electrons.